The Balaban J connectivity index is 1.60. The SMILES string of the molecule is c1ccc([C@@H]2CC3C[C@@H](c4ccccc4)N2[C@H](c2ccccc2)C3)cc1. The smallest absolute Gasteiger partial charge is 0.0363 e. The third-order valence-corrected chi connectivity index (χ3v) is 6.30. The van der Waals surface area contributed by atoms with E-state index in [0.717, 1.165) is 5.92 Å². The summed E-state index contributed by atoms with van der Waals surface area (Å²) in [5.41, 5.74) is 4.41. The van der Waals surface area contributed by atoms with E-state index in [1.165, 1.54) is 36.0 Å². The maximum absolute atomic E-state index is 2.82. The molecule has 3 aromatic rings. The fourth-order valence-electron chi connectivity index (χ4n) is 5.20. The quantitative estimate of drug-likeness (QED) is 0.539. The molecular weight excluding hydrogens is 314 g/mol. The van der Waals surface area contributed by atoms with Crippen molar-refractivity contribution in [3.8, 4) is 0 Å². The highest BCUT2D eigenvalue weighted by Gasteiger charge is 2.46. The van der Waals surface area contributed by atoms with E-state index in [1.54, 1.807) is 0 Å². The highest BCUT2D eigenvalue weighted by molar-refractivity contribution is 5.30. The lowest BCUT2D eigenvalue weighted by Gasteiger charge is -2.55. The van der Waals surface area contributed by atoms with E-state index in [2.05, 4.69) is 95.9 Å². The van der Waals surface area contributed by atoms with Crippen LogP contribution in [-0.4, -0.2) is 4.90 Å². The van der Waals surface area contributed by atoms with E-state index in [1.807, 2.05) is 0 Å². The van der Waals surface area contributed by atoms with Crippen LogP contribution in [0, 0.1) is 5.92 Å². The molecule has 0 aliphatic carbocycles. The number of benzene rings is 3. The Morgan fingerprint density at radius 3 is 1.08 bits per heavy atom. The summed E-state index contributed by atoms with van der Waals surface area (Å²) in [4.78, 5) is 2.82. The van der Waals surface area contributed by atoms with E-state index in [4.69, 9.17) is 0 Å². The molecule has 3 aliphatic heterocycles. The predicted molar refractivity (Wildman–Crippen MR) is 107 cm³/mol. The molecule has 3 aliphatic rings. The van der Waals surface area contributed by atoms with Crippen molar-refractivity contribution < 1.29 is 0 Å². The number of hydrogen-bond acceptors (Lipinski definition) is 1. The van der Waals surface area contributed by atoms with Crippen LogP contribution < -0.4 is 0 Å². The highest BCUT2D eigenvalue weighted by Crippen LogP contribution is 2.56. The van der Waals surface area contributed by atoms with Crippen molar-refractivity contribution in [2.45, 2.75) is 37.4 Å². The molecule has 1 nitrogen and oxygen atoms in total. The van der Waals surface area contributed by atoms with E-state index in [-0.39, 0.29) is 0 Å². The summed E-state index contributed by atoms with van der Waals surface area (Å²) in [7, 11) is 0. The molecule has 2 bridgehead atoms. The van der Waals surface area contributed by atoms with Gasteiger partial charge < -0.3 is 0 Å². The van der Waals surface area contributed by atoms with Gasteiger partial charge in [-0.1, -0.05) is 91.0 Å². The molecule has 0 aromatic heterocycles. The van der Waals surface area contributed by atoms with Crippen LogP contribution in [0.15, 0.2) is 91.0 Å². The first-order valence-corrected chi connectivity index (χ1v) is 9.82. The first kappa shape index (κ1) is 15.8. The second kappa shape index (κ2) is 6.74. The van der Waals surface area contributed by atoms with Crippen molar-refractivity contribution in [2.24, 2.45) is 5.92 Å². The molecule has 3 saturated heterocycles. The zero-order valence-electron chi connectivity index (χ0n) is 15.0. The normalized spacial score (nSPS) is 30.2. The molecule has 3 aromatic carbocycles. The molecule has 0 saturated carbocycles. The molecule has 0 unspecified atom stereocenters. The minimum Gasteiger partial charge on any atom is -0.282 e. The van der Waals surface area contributed by atoms with Crippen molar-refractivity contribution in [2.75, 3.05) is 0 Å². The summed E-state index contributed by atoms with van der Waals surface area (Å²) in [5.74, 6) is 0.792. The summed E-state index contributed by atoms with van der Waals surface area (Å²) in [5, 5.41) is 0. The largest absolute Gasteiger partial charge is 0.282 e. The lowest BCUT2D eigenvalue weighted by Crippen LogP contribution is -2.47. The van der Waals surface area contributed by atoms with E-state index >= 15 is 0 Å². The second-order valence-electron chi connectivity index (χ2n) is 7.80. The number of nitrogens with zero attached hydrogens (tertiary/aromatic N) is 1. The molecule has 0 amide bonds. The number of hydrogen-bond donors (Lipinski definition) is 0. The lowest BCUT2D eigenvalue weighted by atomic mass is 9.70. The van der Waals surface area contributed by atoms with Gasteiger partial charge in [0.05, 0.1) is 0 Å². The minimum atomic E-state index is 0.513. The zero-order chi connectivity index (χ0) is 17.3. The Labute approximate surface area is 156 Å². The van der Waals surface area contributed by atoms with E-state index in [9.17, 15) is 0 Å². The van der Waals surface area contributed by atoms with Crippen LogP contribution in [0.3, 0.4) is 0 Å². The van der Waals surface area contributed by atoms with Crippen molar-refractivity contribution >= 4 is 0 Å². The van der Waals surface area contributed by atoms with Crippen LogP contribution in [0.5, 0.6) is 0 Å². The topological polar surface area (TPSA) is 3.24 Å². The molecule has 1 heteroatoms. The van der Waals surface area contributed by atoms with Crippen molar-refractivity contribution in [1.29, 1.82) is 0 Å². The predicted octanol–water partition coefficient (Wildman–Crippen LogP) is 6.33. The van der Waals surface area contributed by atoms with Crippen LogP contribution in [0.25, 0.3) is 0 Å². The van der Waals surface area contributed by atoms with Crippen LogP contribution >= 0.6 is 0 Å². The Morgan fingerprint density at radius 1 is 0.462 bits per heavy atom. The molecule has 3 fully saturated rings. The molecule has 6 rings (SSSR count). The van der Waals surface area contributed by atoms with Gasteiger partial charge in [-0.2, -0.15) is 0 Å². The third kappa shape index (κ3) is 2.77. The van der Waals surface area contributed by atoms with Crippen molar-refractivity contribution in [3.63, 3.8) is 0 Å². The van der Waals surface area contributed by atoms with Gasteiger partial charge in [0, 0.05) is 18.1 Å². The summed E-state index contributed by atoms with van der Waals surface area (Å²) >= 11 is 0. The first-order chi connectivity index (χ1) is 12.9. The van der Waals surface area contributed by atoms with Crippen LogP contribution in [0.1, 0.15) is 54.1 Å². The second-order valence-corrected chi connectivity index (χ2v) is 7.80. The summed E-state index contributed by atoms with van der Waals surface area (Å²) in [6.45, 7) is 0. The first-order valence-electron chi connectivity index (χ1n) is 9.82. The molecule has 130 valence electrons. The Hall–Kier alpha value is -2.38. The Morgan fingerprint density at radius 2 is 0.769 bits per heavy atom. The van der Waals surface area contributed by atoms with Crippen LogP contribution in [0.2, 0.25) is 0 Å². The highest BCUT2D eigenvalue weighted by atomic mass is 15.2. The summed E-state index contributed by atoms with van der Waals surface area (Å²) in [6.07, 6.45) is 3.87. The molecule has 0 spiro atoms. The number of piperidine rings is 3. The molecular formula is C25H25N. The molecule has 3 heterocycles. The van der Waals surface area contributed by atoms with Gasteiger partial charge in [0.1, 0.15) is 0 Å². The number of rotatable bonds is 3. The molecule has 3 atom stereocenters. The Bertz CT molecular complexity index is 725. The van der Waals surface area contributed by atoms with Crippen LogP contribution in [0.4, 0.5) is 0 Å². The molecule has 0 N–H and O–H groups in total. The molecule has 26 heavy (non-hydrogen) atoms. The van der Waals surface area contributed by atoms with Gasteiger partial charge in [0.25, 0.3) is 0 Å². The van der Waals surface area contributed by atoms with Gasteiger partial charge in [0.2, 0.25) is 0 Å². The molecule has 0 radical (unpaired) electrons. The number of fused-ring (bicyclic) bond motifs is 3. The maximum Gasteiger partial charge on any atom is 0.0363 e. The van der Waals surface area contributed by atoms with E-state index in [0.29, 0.717) is 18.1 Å². The fourth-order valence-corrected chi connectivity index (χ4v) is 5.20. The average molecular weight is 339 g/mol. The zero-order valence-corrected chi connectivity index (χ0v) is 15.0. The lowest BCUT2D eigenvalue weighted by molar-refractivity contribution is -0.0551. The Kier molecular flexibility index (Phi) is 4.10. The third-order valence-electron chi connectivity index (χ3n) is 6.30. The fraction of sp³-hybridized carbons (Fsp3) is 0.280. The van der Waals surface area contributed by atoms with E-state index < -0.39 is 0 Å². The average Bonchev–Trinajstić information content (AvgIpc) is 2.75. The van der Waals surface area contributed by atoms with Crippen molar-refractivity contribution in [1.82, 2.24) is 4.90 Å². The minimum absolute atomic E-state index is 0.513. The van der Waals surface area contributed by atoms with Gasteiger partial charge in [0.15, 0.2) is 0 Å². The van der Waals surface area contributed by atoms with Crippen molar-refractivity contribution in [3.05, 3.63) is 108 Å². The van der Waals surface area contributed by atoms with Gasteiger partial charge in [-0.05, 0) is 41.9 Å². The van der Waals surface area contributed by atoms with Gasteiger partial charge >= 0.3 is 0 Å². The van der Waals surface area contributed by atoms with Gasteiger partial charge in [-0.25, -0.2) is 0 Å². The van der Waals surface area contributed by atoms with Gasteiger partial charge in [-0.15, -0.1) is 0 Å². The van der Waals surface area contributed by atoms with Crippen LogP contribution in [-0.2, 0) is 0 Å². The summed E-state index contributed by atoms with van der Waals surface area (Å²) < 4.78 is 0. The monoisotopic (exact) mass is 339 g/mol. The maximum atomic E-state index is 2.82. The standard InChI is InChI=1S/C25H25N/c1-4-10-20(11-5-1)23-16-19-17-24(21-12-6-2-7-13-21)26(23)25(18-19)22-14-8-3-9-15-22/h1-15,19,23-25H,16-18H2/t23-,24-,25-/m0/s1. The summed E-state index contributed by atoms with van der Waals surface area (Å²) in [6, 6.07) is 34.9. The van der Waals surface area contributed by atoms with Gasteiger partial charge in [-0.3, -0.25) is 4.90 Å².